The van der Waals surface area contributed by atoms with Crippen LogP contribution in [0.2, 0.25) is 0 Å². The molecular formula is C17H16N4O. The van der Waals surface area contributed by atoms with Gasteiger partial charge in [0, 0.05) is 13.0 Å². The zero-order valence-corrected chi connectivity index (χ0v) is 12.0. The Bertz CT molecular complexity index is 793. The standard InChI is InChI=1S/C17H16N4O/c22-17(20-19-12-14-6-2-1-3-7-14)10-11-21-13-18-15-8-4-5-9-16(15)21/h1-9,12-13H,10-11H2,(H,20,22)/b19-12-. The molecule has 110 valence electrons. The van der Waals surface area contributed by atoms with Crippen molar-refractivity contribution in [1.29, 1.82) is 0 Å². The number of nitrogens with zero attached hydrogens (tertiary/aromatic N) is 3. The van der Waals surface area contributed by atoms with E-state index in [4.69, 9.17) is 0 Å². The van der Waals surface area contributed by atoms with Gasteiger partial charge in [0.25, 0.3) is 0 Å². The number of aryl methyl sites for hydroxylation is 1. The second kappa shape index (κ2) is 6.67. The minimum absolute atomic E-state index is 0.120. The van der Waals surface area contributed by atoms with Gasteiger partial charge in [-0.2, -0.15) is 5.10 Å². The van der Waals surface area contributed by atoms with Gasteiger partial charge >= 0.3 is 0 Å². The third-order valence-corrected chi connectivity index (χ3v) is 3.31. The number of aromatic nitrogens is 2. The van der Waals surface area contributed by atoms with Gasteiger partial charge in [-0.15, -0.1) is 0 Å². The number of fused-ring (bicyclic) bond motifs is 1. The maximum absolute atomic E-state index is 11.8. The predicted octanol–water partition coefficient (Wildman–Crippen LogP) is 2.58. The van der Waals surface area contributed by atoms with Crippen molar-refractivity contribution < 1.29 is 4.79 Å². The molecule has 22 heavy (non-hydrogen) atoms. The lowest BCUT2D eigenvalue weighted by atomic mass is 10.2. The lowest BCUT2D eigenvalue weighted by molar-refractivity contribution is -0.121. The first-order chi connectivity index (χ1) is 10.8. The van der Waals surface area contributed by atoms with E-state index in [0.717, 1.165) is 16.6 Å². The highest BCUT2D eigenvalue weighted by Crippen LogP contribution is 2.11. The second-order valence-electron chi connectivity index (χ2n) is 4.88. The SMILES string of the molecule is O=C(CCn1cnc2ccccc21)N/N=C\c1ccccc1. The average molecular weight is 292 g/mol. The van der Waals surface area contributed by atoms with Gasteiger partial charge in [-0.25, -0.2) is 10.4 Å². The summed E-state index contributed by atoms with van der Waals surface area (Å²) in [6.45, 7) is 0.577. The summed E-state index contributed by atoms with van der Waals surface area (Å²) in [7, 11) is 0. The Morgan fingerprint density at radius 3 is 2.77 bits per heavy atom. The van der Waals surface area contributed by atoms with Crippen LogP contribution in [0.4, 0.5) is 0 Å². The Morgan fingerprint density at radius 2 is 1.91 bits per heavy atom. The normalized spacial score (nSPS) is 11.1. The Kier molecular flexibility index (Phi) is 4.25. The Morgan fingerprint density at radius 1 is 1.14 bits per heavy atom. The van der Waals surface area contributed by atoms with Crippen molar-refractivity contribution in [2.24, 2.45) is 5.10 Å². The molecule has 0 saturated carbocycles. The van der Waals surface area contributed by atoms with Crippen LogP contribution in [0.15, 0.2) is 66.0 Å². The van der Waals surface area contributed by atoms with E-state index in [9.17, 15) is 4.79 Å². The molecule has 1 N–H and O–H groups in total. The molecule has 1 aromatic heterocycles. The van der Waals surface area contributed by atoms with Gasteiger partial charge in [0.05, 0.1) is 23.6 Å². The van der Waals surface area contributed by atoms with E-state index < -0.39 is 0 Å². The number of hydrogen-bond acceptors (Lipinski definition) is 3. The molecule has 0 unspecified atom stereocenters. The van der Waals surface area contributed by atoms with E-state index in [-0.39, 0.29) is 5.91 Å². The zero-order chi connectivity index (χ0) is 15.2. The van der Waals surface area contributed by atoms with Crippen LogP contribution in [0.25, 0.3) is 11.0 Å². The monoisotopic (exact) mass is 292 g/mol. The number of imidazole rings is 1. The first kappa shape index (κ1) is 14.0. The number of rotatable bonds is 5. The van der Waals surface area contributed by atoms with E-state index in [1.165, 1.54) is 0 Å². The Labute approximate surface area is 128 Å². The lowest BCUT2D eigenvalue weighted by Gasteiger charge is -2.03. The maximum Gasteiger partial charge on any atom is 0.241 e. The van der Waals surface area contributed by atoms with E-state index in [1.807, 2.05) is 59.2 Å². The van der Waals surface area contributed by atoms with Crippen LogP contribution < -0.4 is 5.43 Å². The summed E-state index contributed by atoms with van der Waals surface area (Å²) in [5, 5.41) is 3.95. The van der Waals surface area contributed by atoms with Gasteiger partial charge in [0.1, 0.15) is 0 Å². The molecule has 0 radical (unpaired) electrons. The highest BCUT2D eigenvalue weighted by atomic mass is 16.2. The van der Waals surface area contributed by atoms with Gasteiger partial charge in [-0.1, -0.05) is 42.5 Å². The number of hydrazone groups is 1. The van der Waals surface area contributed by atoms with Crippen LogP contribution in [0.5, 0.6) is 0 Å². The van der Waals surface area contributed by atoms with Crippen LogP contribution in [0, 0.1) is 0 Å². The summed E-state index contributed by atoms with van der Waals surface area (Å²) in [4.78, 5) is 16.1. The van der Waals surface area contributed by atoms with Crippen LogP contribution in [-0.4, -0.2) is 21.7 Å². The summed E-state index contributed by atoms with van der Waals surface area (Å²) in [6.07, 6.45) is 3.74. The molecule has 0 aliphatic rings. The molecule has 1 amide bonds. The van der Waals surface area contributed by atoms with Crippen LogP contribution >= 0.6 is 0 Å². The van der Waals surface area contributed by atoms with Gasteiger partial charge in [0.2, 0.25) is 5.91 Å². The number of carbonyl (C=O) groups excluding carboxylic acids is 1. The van der Waals surface area contributed by atoms with Crippen molar-refractivity contribution in [3.05, 3.63) is 66.5 Å². The lowest BCUT2D eigenvalue weighted by Crippen LogP contribution is -2.19. The van der Waals surface area contributed by atoms with E-state index in [2.05, 4.69) is 15.5 Å². The van der Waals surface area contributed by atoms with E-state index >= 15 is 0 Å². The van der Waals surface area contributed by atoms with Crippen LogP contribution in [-0.2, 0) is 11.3 Å². The molecule has 3 aromatic rings. The number of amides is 1. The van der Waals surface area contributed by atoms with E-state index in [1.54, 1.807) is 12.5 Å². The van der Waals surface area contributed by atoms with Crippen molar-refractivity contribution in [3.63, 3.8) is 0 Å². The first-order valence-electron chi connectivity index (χ1n) is 7.10. The summed E-state index contributed by atoms with van der Waals surface area (Å²) >= 11 is 0. The molecule has 1 heterocycles. The number of para-hydroxylation sites is 2. The predicted molar refractivity (Wildman–Crippen MR) is 86.5 cm³/mol. The van der Waals surface area contributed by atoms with Crippen molar-refractivity contribution in [3.8, 4) is 0 Å². The molecule has 0 bridgehead atoms. The van der Waals surface area contributed by atoms with E-state index in [0.29, 0.717) is 13.0 Å². The molecule has 0 fully saturated rings. The number of benzene rings is 2. The highest BCUT2D eigenvalue weighted by Gasteiger charge is 2.04. The largest absolute Gasteiger partial charge is 0.330 e. The Hall–Kier alpha value is -2.95. The fraction of sp³-hybridized carbons (Fsp3) is 0.118. The summed E-state index contributed by atoms with van der Waals surface area (Å²) in [5.74, 6) is -0.120. The molecule has 0 saturated heterocycles. The van der Waals surface area contributed by atoms with Gasteiger partial charge in [-0.05, 0) is 17.7 Å². The Balaban J connectivity index is 1.53. The smallest absolute Gasteiger partial charge is 0.241 e. The summed E-state index contributed by atoms with van der Waals surface area (Å²) in [6, 6.07) is 17.5. The molecule has 5 heteroatoms. The van der Waals surface area contributed by atoms with Gasteiger partial charge in [-0.3, -0.25) is 4.79 Å². The number of hydrogen-bond donors (Lipinski definition) is 1. The minimum atomic E-state index is -0.120. The maximum atomic E-state index is 11.8. The molecule has 0 atom stereocenters. The van der Waals surface area contributed by atoms with Gasteiger partial charge in [0.15, 0.2) is 0 Å². The van der Waals surface area contributed by atoms with Crippen molar-refractivity contribution in [2.75, 3.05) is 0 Å². The van der Waals surface area contributed by atoms with Crippen LogP contribution in [0.1, 0.15) is 12.0 Å². The third kappa shape index (κ3) is 3.38. The highest BCUT2D eigenvalue weighted by molar-refractivity contribution is 5.82. The second-order valence-corrected chi connectivity index (χ2v) is 4.88. The van der Waals surface area contributed by atoms with Crippen molar-refractivity contribution in [1.82, 2.24) is 15.0 Å². The van der Waals surface area contributed by atoms with Crippen molar-refractivity contribution in [2.45, 2.75) is 13.0 Å². The molecule has 0 aliphatic carbocycles. The molecular weight excluding hydrogens is 276 g/mol. The quantitative estimate of drug-likeness (QED) is 0.580. The molecule has 0 aliphatic heterocycles. The molecule has 5 nitrogen and oxygen atoms in total. The number of nitrogens with one attached hydrogen (secondary N) is 1. The minimum Gasteiger partial charge on any atom is -0.330 e. The zero-order valence-electron chi connectivity index (χ0n) is 12.0. The van der Waals surface area contributed by atoms with Gasteiger partial charge < -0.3 is 4.57 Å². The molecule has 0 spiro atoms. The average Bonchev–Trinajstić information content (AvgIpc) is 2.97. The fourth-order valence-electron chi connectivity index (χ4n) is 2.18. The topological polar surface area (TPSA) is 59.3 Å². The fourth-order valence-corrected chi connectivity index (χ4v) is 2.18. The summed E-state index contributed by atoms with van der Waals surface area (Å²) in [5.41, 5.74) is 5.45. The molecule has 2 aromatic carbocycles. The third-order valence-electron chi connectivity index (χ3n) is 3.31. The summed E-state index contributed by atoms with van der Waals surface area (Å²) < 4.78 is 1.97. The first-order valence-corrected chi connectivity index (χ1v) is 7.10. The van der Waals surface area contributed by atoms with Crippen LogP contribution in [0.3, 0.4) is 0 Å². The van der Waals surface area contributed by atoms with Crippen molar-refractivity contribution >= 4 is 23.2 Å². The molecule has 3 rings (SSSR count). The number of carbonyl (C=O) groups is 1.